The summed E-state index contributed by atoms with van der Waals surface area (Å²) in [4.78, 5) is 10.9. The van der Waals surface area contributed by atoms with E-state index in [9.17, 15) is 4.79 Å². The normalized spacial score (nSPS) is 24.2. The van der Waals surface area contributed by atoms with Crippen LogP contribution in [0.4, 0.5) is 0 Å². The van der Waals surface area contributed by atoms with Gasteiger partial charge in [-0.15, -0.1) is 0 Å². The van der Waals surface area contributed by atoms with Crippen molar-refractivity contribution in [3.63, 3.8) is 0 Å². The predicted molar refractivity (Wildman–Crippen MR) is 40.3 cm³/mol. The van der Waals surface area contributed by atoms with E-state index in [1.807, 2.05) is 6.08 Å². The molecule has 1 unspecified atom stereocenters. The van der Waals surface area contributed by atoms with Crippen molar-refractivity contribution in [1.29, 1.82) is 5.41 Å². The number of ketones is 1. The highest BCUT2D eigenvalue weighted by Crippen LogP contribution is 2.17. The Bertz CT molecular complexity index is 172. The van der Waals surface area contributed by atoms with E-state index < -0.39 is 0 Å². The van der Waals surface area contributed by atoms with E-state index in [-0.39, 0.29) is 11.7 Å². The van der Waals surface area contributed by atoms with Gasteiger partial charge in [0.15, 0.2) is 5.78 Å². The molecule has 2 nitrogen and oxygen atoms in total. The van der Waals surface area contributed by atoms with Crippen LogP contribution in [0.2, 0.25) is 0 Å². The number of allylic oxidation sites excluding steroid dienone is 2. The minimum absolute atomic E-state index is 0.0237. The van der Waals surface area contributed by atoms with Gasteiger partial charge in [-0.05, 0) is 19.3 Å². The molecule has 0 aromatic heterocycles. The van der Waals surface area contributed by atoms with Crippen LogP contribution >= 0.6 is 0 Å². The van der Waals surface area contributed by atoms with Crippen molar-refractivity contribution >= 4 is 12.0 Å². The molecule has 10 heavy (non-hydrogen) atoms. The van der Waals surface area contributed by atoms with E-state index in [4.69, 9.17) is 5.41 Å². The van der Waals surface area contributed by atoms with Crippen LogP contribution in [0, 0.1) is 11.3 Å². The summed E-state index contributed by atoms with van der Waals surface area (Å²) in [6.07, 6.45) is 7.79. The molecule has 0 spiro atoms. The lowest BCUT2D eigenvalue weighted by atomic mass is 9.91. The molecule has 0 fully saturated rings. The molecule has 0 aliphatic heterocycles. The monoisotopic (exact) mass is 137 g/mol. The maximum Gasteiger partial charge on any atom is 0.176 e. The summed E-state index contributed by atoms with van der Waals surface area (Å²) >= 11 is 0. The van der Waals surface area contributed by atoms with Crippen LogP contribution in [-0.4, -0.2) is 12.0 Å². The molecule has 0 bridgehead atoms. The first-order valence-corrected chi connectivity index (χ1v) is 3.54. The van der Waals surface area contributed by atoms with E-state index in [1.54, 1.807) is 0 Å². The fourth-order valence-corrected chi connectivity index (χ4v) is 1.17. The van der Waals surface area contributed by atoms with E-state index in [2.05, 4.69) is 6.08 Å². The largest absolute Gasteiger partial charge is 0.305 e. The first kappa shape index (κ1) is 7.19. The number of hydrogen-bond acceptors (Lipinski definition) is 2. The highest BCUT2D eigenvalue weighted by molar-refractivity contribution is 6.27. The lowest BCUT2D eigenvalue weighted by molar-refractivity contribution is -0.116. The second-order valence-corrected chi connectivity index (χ2v) is 2.53. The summed E-state index contributed by atoms with van der Waals surface area (Å²) in [6, 6.07) is 0. The SMILES string of the molecule is N=CC(=O)C1CC=CCC1. The quantitative estimate of drug-likeness (QED) is 0.455. The molecular formula is C8H11NO. The predicted octanol–water partition coefficient (Wildman–Crippen LogP) is 1.56. The molecule has 1 aliphatic rings. The first-order chi connectivity index (χ1) is 4.84. The second kappa shape index (κ2) is 3.30. The number of Topliss-reactive ketones (excluding diaryl/α,β-unsaturated/α-hetero) is 1. The Morgan fingerprint density at radius 1 is 1.60 bits per heavy atom. The Morgan fingerprint density at radius 2 is 2.40 bits per heavy atom. The molecule has 1 N–H and O–H groups in total. The number of hydrogen-bond donors (Lipinski definition) is 1. The molecular weight excluding hydrogens is 126 g/mol. The van der Waals surface area contributed by atoms with Crippen molar-refractivity contribution in [2.24, 2.45) is 5.92 Å². The van der Waals surface area contributed by atoms with Gasteiger partial charge in [0.25, 0.3) is 0 Å². The third kappa shape index (κ3) is 1.53. The second-order valence-electron chi connectivity index (χ2n) is 2.53. The fraction of sp³-hybridized carbons (Fsp3) is 0.500. The maximum absolute atomic E-state index is 10.9. The van der Waals surface area contributed by atoms with Gasteiger partial charge in [0.05, 0.1) is 6.21 Å². The molecule has 0 amide bonds. The summed E-state index contributed by atoms with van der Waals surface area (Å²) in [5, 5.41) is 6.75. The van der Waals surface area contributed by atoms with Crippen molar-refractivity contribution in [2.75, 3.05) is 0 Å². The highest BCUT2D eigenvalue weighted by atomic mass is 16.1. The Labute approximate surface area is 60.4 Å². The maximum atomic E-state index is 10.9. The Morgan fingerprint density at radius 3 is 2.90 bits per heavy atom. The summed E-state index contributed by atoms with van der Waals surface area (Å²) in [5.41, 5.74) is 0. The van der Waals surface area contributed by atoms with Crippen molar-refractivity contribution in [2.45, 2.75) is 19.3 Å². The molecule has 0 aromatic rings. The van der Waals surface area contributed by atoms with E-state index in [0.717, 1.165) is 25.5 Å². The molecule has 0 saturated carbocycles. The van der Waals surface area contributed by atoms with Crippen LogP contribution in [0.25, 0.3) is 0 Å². The van der Waals surface area contributed by atoms with Gasteiger partial charge in [0.1, 0.15) is 0 Å². The van der Waals surface area contributed by atoms with Gasteiger partial charge in [0.2, 0.25) is 0 Å². The van der Waals surface area contributed by atoms with Crippen LogP contribution in [0.15, 0.2) is 12.2 Å². The average Bonchev–Trinajstić information content (AvgIpc) is 2.05. The summed E-state index contributed by atoms with van der Waals surface area (Å²) in [5.74, 6) is 0.0758. The fourth-order valence-electron chi connectivity index (χ4n) is 1.17. The minimum atomic E-state index is -0.0237. The van der Waals surface area contributed by atoms with Gasteiger partial charge in [-0.2, -0.15) is 0 Å². The van der Waals surface area contributed by atoms with Gasteiger partial charge >= 0.3 is 0 Å². The van der Waals surface area contributed by atoms with E-state index in [1.165, 1.54) is 0 Å². The van der Waals surface area contributed by atoms with Crippen LogP contribution in [-0.2, 0) is 4.79 Å². The zero-order chi connectivity index (χ0) is 7.40. The highest BCUT2D eigenvalue weighted by Gasteiger charge is 2.15. The zero-order valence-corrected chi connectivity index (χ0v) is 5.84. The zero-order valence-electron chi connectivity index (χ0n) is 5.84. The number of rotatable bonds is 2. The van der Waals surface area contributed by atoms with Gasteiger partial charge in [-0.25, -0.2) is 0 Å². The summed E-state index contributed by atoms with van der Waals surface area (Å²) < 4.78 is 0. The minimum Gasteiger partial charge on any atom is -0.305 e. The lowest BCUT2D eigenvalue weighted by Crippen LogP contribution is -2.15. The van der Waals surface area contributed by atoms with Gasteiger partial charge < -0.3 is 5.41 Å². The lowest BCUT2D eigenvalue weighted by Gasteiger charge is -2.12. The van der Waals surface area contributed by atoms with Crippen LogP contribution in [0.1, 0.15) is 19.3 Å². The van der Waals surface area contributed by atoms with Crippen molar-refractivity contribution in [3.8, 4) is 0 Å². The molecule has 1 aliphatic carbocycles. The molecule has 54 valence electrons. The topological polar surface area (TPSA) is 40.9 Å². The van der Waals surface area contributed by atoms with Gasteiger partial charge in [-0.3, -0.25) is 4.79 Å². The van der Waals surface area contributed by atoms with Gasteiger partial charge in [0, 0.05) is 5.92 Å². The number of nitrogens with one attached hydrogen (secondary N) is 1. The van der Waals surface area contributed by atoms with Crippen molar-refractivity contribution in [1.82, 2.24) is 0 Å². The third-order valence-corrected chi connectivity index (χ3v) is 1.81. The van der Waals surface area contributed by atoms with Crippen molar-refractivity contribution < 1.29 is 4.79 Å². The van der Waals surface area contributed by atoms with E-state index >= 15 is 0 Å². The molecule has 0 aromatic carbocycles. The third-order valence-electron chi connectivity index (χ3n) is 1.81. The Balaban J connectivity index is 2.49. The van der Waals surface area contributed by atoms with Crippen LogP contribution < -0.4 is 0 Å². The van der Waals surface area contributed by atoms with Crippen LogP contribution in [0.5, 0.6) is 0 Å². The number of carbonyl (C=O) groups excluding carboxylic acids is 1. The molecule has 0 radical (unpaired) electrons. The van der Waals surface area contributed by atoms with Crippen molar-refractivity contribution in [3.05, 3.63) is 12.2 Å². The Kier molecular flexibility index (Phi) is 2.37. The van der Waals surface area contributed by atoms with E-state index in [0.29, 0.717) is 0 Å². The Hall–Kier alpha value is -0.920. The first-order valence-electron chi connectivity index (χ1n) is 3.54. The number of carbonyl (C=O) groups is 1. The van der Waals surface area contributed by atoms with Crippen LogP contribution in [0.3, 0.4) is 0 Å². The molecule has 0 saturated heterocycles. The molecule has 0 heterocycles. The standard InChI is InChI=1S/C8H11NO/c9-6-8(10)7-4-2-1-3-5-7/h1-2,6-7,9H,3-5H2. The van der Waals surface area contributed by atoms with Gasteiger partial charge in [-0.1, -0.05) is 12.2 Å². The average molecular weight is 137 g/mol. The molecule has 1 rings (SSSR count). The summed E-state index contributed by atoms with van der Waals surface area (Å²) in [7, 11) is 0. The smallest absolute Gasteiger partial charge is 0.176 e. The summed E-state index contributed by atoms with van der Waals surface area (Å²) in [6.45, 7) is 0. The molecule has 2 heteroatoms. The molecule has 1 atom stereocenters.